The molecule has 2 aromatic rings. The largest absolute Gasteiger partial charge is 0.508 e. The third-order valence-corrected chi connectivity index (χ3v) is 4.31. The molecule has 1 heteroatoms. The van der Waals surface area contributed by atoms with Gasteiger partial charge in [-0.05, 0) is 47.2 Å². The number of fused-ring (bicyclic) bond motifs is 1. The second kappa shape index (κ2) is 3.13. The topological polar surface area (TPSA) is 20.2 Å². The highest BCUT2D eigenvalue weighted by Gasteiger charge is 2.36. The first-order chi connectivity index (χ1) is 8.34. The number of phenolic OH excluding ortho intramolecular Hbond substituents is 1. The maximum atomic E-state index is 9.66. The molecule has 0 aliphatic heterocycles. The number of benzene rings is 2. The summed E-state index contributed by atoms with van der Waals surface area (Å²) in [5.41, 5.74) is 5.75. The van der Waals surface area contributed by atoms with E-state index < -0.39 is 0 Å². The van der Waals surface area contributed by atoms with Crippen molar-refractivity contribution in [3.05, 3.63) is 64.7 Å². The lowest BCUT2D eigenvalue weighted by atomic mass is 9.64. The molecule has 0 fully saturated rings. The van der Waals surface area contributed by atoms with E-state index in [1.54, 1.807) is 0 Å². The van der Waals surface area contributed by atoms with Gasteiger partial charge in [0.2, 0.25) is 0 Å². The molecule has 84 valence electrons. The van der Waals surface area contributed by atoms with Gasteiger partial charge >= 0.3 is 0 Å². The highest BCUT2D eigenvalue weighted by atomic mass is 16.3. The number of aromatic hydroxyl groups is 1. The first-order valence-corrected chi connectivity index (χ1v) is 6.26. The van der Waals surface area contributed by atoms with Crippen LogP contribution in [0.25, 0.3) is 0 Å². The number of hydrogen-bond acceptors (Lipinski definition) is 1. The van der Waals surface area contributed by atoms with Crippen LogP contribution in [0.5, 0.6) is 5.75 Å². The average molecular weight is 222 g/mol. The molecule has 0 saturated carbocycles. The van der Waals surface area contributed by atoms with Gasteiger partial charge in [0.05, 0.1) is 0 Å². The fourth-order valence-corrected chi connectivity index (χ4v) is 3.62. The Morgan fingerprint density at radius 1 is 0.765 bits per heavy atom. The molecule has 0 spiro atoms. The number of hydrogen-bond donors (Lipinski definition) is 1. The van der Waals surface area contributed by atoms with Crippen LogP contribution in [0.2, 0.25) is 0 Å². The maximum Gasteiger partial charge on any atom is 0.115 e. The molecule has 2 aromatic carbocycles. The summed E-state index contributed by atoms with van der Waals surface area (Å²) in [6.07, 6.45) is 2.47. The third-order valence-electron chi connectivity index (χ3n) is 4.31. The number of rotatable bonds is 0. The molecule has 1 nitrogen and oxygen atoms in total. The summed E-state index contributed by atoms with van der Waals surface area (Å²) in [6.45, 7) is 0. The summed E-state index contributed by atoms with van der Waals surface area (Å²) in [7, 11) is 0. The Balaban J connectivity index is 2.01. The summed E-state index contributed by atoms with van der Waals surface area (Å²) in [6, 6.07) is 14.7. The van der Waals surface area contributed by atoms with E-state index in [2.05, 4.69) is 30.3 Å². The molecule has 2 bridgehead atoms. The van der Waals surface area contributed by atoms with Crippen molar-refractivity contribution in [1.29, 1.82) is 0 Å². The summed E-state index contributed by atoms with van der Waals surface area (Å²) in [4.78, 5) is 0. The summed E-state index contributed by atoms with van der Waals surface area (Å²) >= 11 is 0. The van der Waals surface area contributed by atoms with Crippen molar-refractivity contribution in [3.8, 4) is 5.75 Å². The Bertz CT molecular complexity index is 600. The van der Waals surface area contributed by atoms with Crippen LogP contribution < -0.4 is 0 Å². The van der Waals surface area contributed by atoms with Crippen molar-refractivity contribution in [2.24, 2.45) is 0 Å². The van der Waals surface area contributed by atoms with E-state index in [0.29, 0.717) is 17.6 Å². The molecule has 0 radical (unpaired) electrons. The normalized spacial score (nSPS) is 24.2. The molecule has 0 heterocycles. The van der Waals surface area contributed by atoms with E-state index >= 15 is 0 Å². The van der Waals surface area contributed by atoms with E-state index in [1.807, 2.05) is 12.1 Å². The lowest BCUT2D eigenvalue weighted by Gasteiger charge is -2.40. The van der Waals surface area contributed by atoms with Crippen molar-refractivity contribution in [1.82, 2.24) is 0 Å². The third kappa shape index (κ3) is 1.14. The van der Waals surface area contributed by atoms with Crippen molar-refractivity contribution in [3.63, 3.8) is 0 Å². The van der Waals surface area contributed by atoms with E-state index in [9.17, 15) is 5.11 Å². The molecule has 0 saturated heterocycles. The average Bonchev–Trinajstić information content (AvgIpc) is 2.39. The first kappa shape index (κ1) is 9.29. The highest BCUT2D eigenvalue weighted by molar-refractivity contribution is 5.56. The minimum Gasteiger partial charge on any atom is -0.508 e. The van der Waals surface area contributed by atoms with Crippen LogP contribution in [0, 0.1) is 0 Å². The van der Waals surface area contributed by atoms with Gasteiger partial charge in [0.1, 0.15) is 5.75 Å². The van der Waals surface area contributed by atoms with Crippen LogP contribution in [-0.4, -0.2) is 5.11 Å². The molecule has 2 unspecified atom stereocenters. The van der Waals surface area contributed by atoms with Gasteiger partial charge in [0, 0.05) is 11.8 Å². The smallest absolute Gasteiger partial charge is 0.115 e. The first-order valence-electron chi connectivity index (χ1n) is 6.26. The van der Waals surface area contributed by atoms with Gasteiger partial charge in [0.15, 0.2) is 0 Å². The molecular weight excluding hydrogens is 208 g/mol. The molecule has 3 aliphatic rings. The fraction of sp³-hybridized carbons (Fsp3) is 0.250. The van der Waals surface area contributed by atoms with Crippen molar-refractivity contribution in [2.45, 2.75) is 24.7 Å². The lowest BCUT2D eigenvalue weighted by molar-refractivity contribution is 0.466. The van der Waals surface area contributed by atoms with E-state index in [0.717, 1.165) is 0 Å². The van der Waals surface area contributed by atoms with Gasteiger partial charge in [0.25, 0.3) is 0 Å². The molecule has 0 amide bonds. The van der Waals surface area contributed by atoms with Crippen LogP contribution in [-0.2, 0) is 0 Å². The summed E-state index contributed by atoms with van der Waals surface area (Å²) < 4.78 is 0. The second-order valence-electron chi connectivity index (χ2n) is 5.12. The number of phenols is 1. The fourth-order valence-electron chi connectivity index (χ4n) is 3.62. The minimum atomic E-state index is 0.397. The van der Waals surface area contributed by atoms with Gasteiger partial charge < -0.3 is 5.11 Å². The van der Waals surface area contributed by atoms with Crippen molar-refractivity contribution < 1.29 is 5.11 Å². The predicted molar refractivity (Wildman–Crippen MR) is 67.5 cm³/mol. The second-order valence-corrected chi connectivity index (χ2v) is 5.12. The van der Waals surface area contributed by atoms with E-state index in [1.165, 1.54) is 35.1 Å². The molecule has 2 atom stereocenters. The Morgan fingerprint density at radius 3 is 2.06 bits per heavy atom. The van der Waals surface area contributed by atoms with E-state index in [4.69, 9.17) is 0 Å². The maximum absolute atomic E-state index is 9.66. The van der Waals surface area contributed by atoms with Crippen LogP contribution in [0.1, 0.15) is 46.9 Å². The zero-order valence-corrected chi connectivity index (χ0v) is 9.56. The van der Waals surface area contributed by atoms with Crippen molar-refractivity contribution >= 4 is 0 Å². The predicted octanol–water partition coefficient (Wildman–Crippen LogP) is 3.76. The van der Waals surface area contributed by atoms with Crippen LogP contribution in [0.3, 0.4) is 0 Å². The molecule has 1 N–H and O–H groups in total. The quantitative estimate of drug-likeness (QED) is 0.719. The molecule has 3 aliphatic carbocycles. The van der Waals surface area contributed by atoms with Crippen LogP contribution in [0.15, 0.2) is 42.5 Å². The Labute approximate surface area is 101 Å². The SMILES string of the molecule is Oc1ccc2c(c1)C1CCC2c2ccccc21. The molecular formula is C16H14O. The Kier molecular flexibility index (Phi) is 1.71. The minimum absolute atomic E-state index is 0.397. The molecule has 17 heavy (non-hydrogen) atoms. The van der Waals surface area contributed by atoms with E-state index in [-0.39, 0.29) is 0 Å². The zero-order valence-electron chi connectivity index (χ0n) is 9.56. The summed E-state index contributed by atoms with van der Waals surface area (Å²) in [5, 5.41) is 9.66. The van der Waals surface area contributed by atoms with Crippen LogP contribution in [0.4, 0.5) is 0 Å². The van der Waals surface area contributed by atoms with Gasteiger partial charge in [-0.1, -0.05) is 30.3 Å². The Morgan fingerprint density at radius 2 is 1.35 bits per heavy atom. The molecule has 5 rings (SSSR count). The lowest BCUT2D eigenvalue weighted by Crippen LogP contribution is -2.24. The zero-order chi connectivity index (χ0) is 11.4. The van der Waals surface area contributed by atoms with Crippen molar-refractivity contribution in [2.75, 3.05) is 0 Å². The standard InChI is InChI=1S/C16H14O/c17-10-5-6-14-13-7-8-15(16(14)9-10)12-4-2-1-3-11(12)13/h1-6,9,13,15,17H,7-8H2. The van der Waals surface area contributed by atoms with Gasteiger partial charge in [-0.2, -0.15) is 0 Å². The van der Waals surface area contributed by atoms with Gasteiger partial charge in [-0.25, -0.2) is 0 Å². The van der Waals surface area contributed by atoms with Crippen LogP contribution >= 0.6 is 0 Å². The Hall–Kier alpha value is -1.76. The van der Waals surface area contributed by atoms with Gasteiger partial charge in [-0.3, -0.25) is 0 Å². The summed E-state index contributed by atoms with van der Waals surface area (Å²) in [5.74, 6) is 1.44. The highest BCUT2D eigenvalue weighted by Crippen LogP contribution is 2.52. The monoisotopic (exact) mass is 222 g/mol. The molecule has 0 aromatic heterocycles. The van der Waals surface area contributed by atoms with Gasteiger partial charge in [-0.15, -0.1) is 0 Å².